The van der Waals surface area contributed by atoms with Crippen molar-refractivity contribution in [3.8, 4) is 27.7 Å². The van der Waals surface area contributed by atoms with Gasteiger partial charge in [-0.2, -0.15) is 4.98 Å². The number of thiophene rings is 1. The fourth-order valence-corrected chi connectivity index (χ4v) is 4.74. The normalized spacial score (nSPS) is 11.5. The predicted octanol–water partition coefficient (Wildman–Crippen LogP) is 3.99. The number of fused-ring (bicyclic) bond motifs is 1. The molecule has 0 aliphatic carbocycles. The Labute approximate surface area is 194 Å². The second kappa shape index (κ2) is 9.27. The van der Waals surface area contributed by atoms with Crippen LogP contribution in [-0.2, 0) is 0 Å². The lowest BCUT2D eigenvalue weighted by atomic mass is 10.1. The third-order valence-corrected chi connectivity index (χ3v) is 6.57. The molecular formula is C21H25ClN8OS. The molecule has 4 aromatic rings. The molecule has 0 spiro atoms. The number of nitrogens with two attached hydrogens (primary N) is 2. The molecule has 168 valence electrons. The minimum absolute atomic E-state index is 0.165. The first-order chi connectivity index (χ1) is 15.4. The highest BCUT2D eigenvalue weighted by molar-refractivity contribution is 7.21. The number of hydrogen-bond donors (Lipinski definition) is 3. The Morgan fingerprint density at radius 2 is 1.88 bits per heavy atom. The number of nitrogens with zero attached hydrogens (tertiary/aromatic N) is 5. The van der Waals surface area contributed by atoms with Crippen molar-refractivity contribution >= 4 is 45.1 Å². The number of nitrogen functional groups attached to an aromatic ring is 2. The number of H-pyrrole nitrogens is 1. The largest absolute Gasteiger partial charge is 0.492 e. The zero-order valence-corrected chi connectivity index (χ0v) is 19.7. The van der Waals surface area contributed by atoms with E-state index < -0.39 is 0 Å². The van der Waals surface area contributed by atoms with Crippen LogP contribution in [0.1, 0.15) is 19.4 Å². The molecule has 0 amide bonds. The van der Waals surface area contributed by atoms with Gasteiger partial charge < -0.3 is 21.1 Å². The molecule has 11 heteroatoms. The van der Waals surface area contributed by atoms with E-state index in [4.69, 9.17) is 27.8 Å². The van der Waals surface area contributed by atoms with Crippen LogP contribution in [0.4, 0.5) is 11.9 Å². The van der Waals surface area contributed by atoms with Gasteiger partial charge in [0.25, 0.3) is 0 Å². The van der Waals surface area contributed by atoms with Gasteiger partial charge in [-0.15, -0.1) is 16.4 Å². The number of halogens is 1. The molecule has 0 fully saturated rings. The number of nitrogens with one attached hydrogen (secondary N) is 1. The Morgan fingerprint density at radius 3 is 2.56 bits per heavy atom. The maximum atomic E-state index is 6.64. The number of aromatic nitrogens is 5. The van der Waals surface area contributed by atoms with E-state index >= 15 is 0 Å². The van der Waals surface area contributed by atoms with Crippen molar-refractivity contribution in [2.24, 2.45) is 0 Å². The van der Waals surface area contributed by atoms with Gasteiger partial charge in [0.1, 0.15) is 17.2 Å². The van der Waals surface area contributed by atoms with Crippen LogP contribution < -0.4 is 16.2 Å². The van der Waals surface area contributed by atoms with Gasteiger partial charge in [-0.05, 0) is 43.8 Å². The van der Waals surface area contributed by atoms with Crippen LogP contribution in [-0.4, -0.2) is 56.3 Å². The highest BCUT2D eigenvalue weighted by Gasteiger charge is 2.18. The molecule has 4 rings (SSSR count). The minimum Gasteiger partial charge on any atom is -0.492 e. The molecule has 0 aliphatic heterocycles. The van der Waals surface area contributed by atoms with Crippen molar-refractivity contribution in [3.05, 3.63) is 28.8 Å². The first kappa shape index (κ1) is 22.3. The summed E-state index contributed by atoms with van der Waals surface area (Å²) >= 11 is 8.06. The van der Waals surface area contributed by atoms with Crippen molar-refractivity contribution in [2.75, 3.05) is 37.7 Å². The second-order valence-corrected chi connectivity index (χ2v) is 8.71. The Kier molecular flexibility index (Phi) is 6.45. The van der Waals surface area contributed by atoms with Crippen LogP contribution in [0.25, 0.3) is 32.2 Å². The van der Waals surface area contributed by atoms with E-state index in [1.54, 1.807) is 0 Å². The van der Waals surface area contributed by atoms with Crippen molar-refractivity contribution in [2.45, 2.75) is 20.8 Å². The summed E-state index contributed by atoms with van der Waals surface area (Å²) in [6.45, 7) is 9.66. The van der Waals surface area contributed by atoms with Crippen LogP contribution in [0.2, 0.25) is 5.02 Å². The molecule has 5 N–H and O–H groups in total. The van der Waals surface area contributed by atoms with E-state index in [9.17, 15) is 0 Å². The molecule has 0 saturated carbocycles. The van der Waals surface area contributed by atoms with Crippen LogP contribution in [0, 0.1) is 6.92 Å². The lowest BCUT2D eigenvalue weighted by molar-refractivity contribution is 0.222. The Morgan fingerprint density at radius 1 is 1.09 bits per heavy atom. The van der Waals surface area contributed by atoms with E-state index in [1.807, 2.05) is 25.1 Å². The number of aromatic amines is 1. The van der Waals surface area contributed by atoms with Gasteiger partial charge in [0.2, 0.25) is 11.9 Å². The third-order valence-electron chi connectivity index (χ3n) is 5.23. The van der Waals surface area contributed by atoms with Crippen LogP contribution in [0.15, 0.2) is 18.2 Å². The van der Waals surface area contributed by atoms with E-state index in [2.05, 4.69) is 43.9 Å². The van der Waals surface area contributed by atoms with Gasteiger partial charge >= 0.3 is 0 Å². The number of rotatable bonds is 8. The number of hydrogen-bond acceptors (Lipinski definition) is 9. The SMILES string of the molecule is CCN(CC)CCOc1cc(-c2nc(N)nc3sc(-c4nc(N)n[nH]4)cc23)c(Cl)cc1C. The third kappa shape index (κ3) is 4.47. The highest BCUT2D eigenvalue weighted by atomic mass is 35.5. The van der Waals surface area contributed by atoms with Crippen LogP contribution in [0.3, 0.4) is 0 Å². The Hall–Kier alpha value is -2.95. The zero-order valence-electron chi connectivity index (χ0n) is 18.1. The molecule has 0 radical (unpaired) electrons. The maximum Gasteiger partial charge on any atom is 0.239 e. The molecule has 0 atom stereocenters. The fourth-order valence-electron chi connectivity index (χ4n) is 3.46. The summed E-state index contributed by atoms with van der Waals surface area (Å²) in [5.74, 6) is 1.67. The summed E-state index contributed by atoms with van der Waals surface area (Å²) in [5.41, 5.74) is 14.0. The Balaban J connectivity index is 1.73. The molecule has 3 heterocycles. The summed E-state index contributed by atoms with van der Waals surface area (Å²) in [6, 6.07) is 5.74. The van der Waals surface area contributed by atoms with Crippen molar-refractivity contribution < 1.29 is 4.74 Å². The Bertz CT molecular complexity index is 1250. The predicted molar refractivity (Wildman–Crippen MR) is 130 cm³/mol. The lowest BCUT2D eigenvalue weighted by Crippen LogP contribution is -2.28. The maximum absolute atomic E-state index is 6.64. The molecule has 0 saturated heterocycles. The molecule has 0 unspecified atom stereocenters. The monoisotopic (exact) mass is 472 g/mol. The first-order valence-electron chi connectivity index (χ1n) is 10.3. The van der Waals surface area contributed by atoms with Gasteiger partial charge in [0.15, 0.2) is 5.82 Å². The van der Waals surface area contributed by atoms with E-state index in [0.29, 0.717) is 23.1 Å². The molecule has 9 nitrogen and oxygen atoms in total. The van der Waals surface area contributed by atoms with E-state index in [-0.39, 0.29) is 11.9 Å². The molecule has 32 heavy (non-hydrogen) atoms. The molecule has 3 aromatic heterocycles. The topological polar surface area (TPSA) is 132 Å². The number of benzene rings is 1. The smallest absolute Gasteiger partial charge is 0.239 e. The summed E-state index contributed by atoms with van der Waals surface area (Å²) in [6.07, 6.45) is 0. The average molecular weight is 473 g/mol. The van der Waals surface area contributed by atoms with Crippen LogP contribution in [0.5, 0.6) is 5.75 Å². The van der Waals surface area contributed by atoms with E-state index in [1.165, 1.54) is 11.3 Å². The van der Waals surface area contributed by atoms with Gasteiger partial charge in [-0.1, -0.05) is 25.4 Å². The molecule has 1 aromatic carbocycles. The summed E-state index contributed by atoms with van der Waals surface area (Å²) < 4.78 is 6.10. The molecule has 0 bridgehead atoms. The van der Waals surface area contributed by atoms with Crippen molar-refractivity contribution in [1.82, 2.24) is 30.0 Å². The first-order valence-corrected chi connectivity index (χ1v) is 11.5. The average Bonchev–Trinajstić information content (AvgIpc) is 3.38. The second-order valence-electron chi connectivity index (χ2n) is 7.28. The van der Waals surface area contributed by atoms with Crippen molar-refractivity contribution in [3.63, 3.8) is 0 Å². The fraction of sp³-hybridized carbons (Fsp3) is 0.333. The molecule has 0 aliphatic rings. The summed E-state index contributed by atoms with van der Waals surface area (Å²) in [5, 5.41) is 8.10. The van der Waals surface area contributed by atoms with Gasteiger partial charge in [-0.25, -0.2) is 9.97 Å². The minimum atomic E-state index is 0.165. The zero-order chi connectivity index (χ0) is 22.8. The number of aryl methyl sites for hydroxylation is 1. The summed E-state index contributed by atoms with van der Waals surface area (Å²) in [4.78, 5) is 16.9. The van der Waals surface area contributed by atoms with Crippen molar-refractivity contribution in [1.29, 1.82) is 0 Å². The molecular weight excluding hydrogens is 448 g/mol. The van der Waals surface area contributed by atoms with E-state index in [0.717, 1.165) is 51.6 Å². The number of ether oxygens (including phenoxy) is 1. The standard InChI is InChI=1S/C21H25ClN8OS/c1-4-30(5-2)6-7-31-15-9-12(14(22)8-11(15)3)17-13-10-16(18-26-21(24)29-28-18)32-19(13)27-20(23)25-17/h8-10H,4-7H2,1-3H3,(H2,23,25,27)(H3,24,26,28,29). The van der Waals surface area contributed by atoms with Gasteiger partial charge in [-0.3, -0.25) is 5.10 Å². The lowest BCUT2D eigenvalue weighted by Gasteiger charge is -2.19. The van der Waals surface area contributed by atoms with Crippen LogP contribution >= 0.6 is 22.9 Å². The highest BCUT2D eigenvalue weighted by Crippen LogP contribution is 2.40. The number of anilines is 2. The summed E-state index contributed by atoms with van der Waals surface area (Å²) in [7, 11) is 0. The quantitative estimate of drug-likeness (QED) is 0.350. The van der Waals surface area contributed by atoms with Gasteiger partial charge in [0.05, 0.1) is 15.6 Å². The number of likely N-dealkylation sites (N-methyl/N-ethyl adjacent to an activating group) is 1. The van der Waals surface area contributed by atoms with Gasteiger partial charge in [0, 0.05) is 17.5 Å².